The third kappa shape index (κ3) is 5.21. The van der Waals surface area contributed by atoms with Crippen molar-refractivity contribution < 1.29 is 4.79 Å². The van der Waals surface area contributed by atoms with E-state index in [1.165, 1.54) is 17.3 Å². The Morgan fingerprint density at radius 1 is 1.10 bits per heavy atom. The molecule has 1 N–H and O–H groups in total. The maximum atomic E-state index is 12.5. The number of nitrogens with one attached hydrogen (secondary N) is 1. The molecule has 158 valence electrons. The Hall–Kier alpha value is -3.39. The van der Waals surface area contributed by atoms with Crippen molar-refractivity contribution in [3.63, 3.8) is 0 Å². The van der Waals surface area contributed by atoms with Crippen LogP contribution in [-0.2, 0) is 11.3 Å². The van der Waals surface area contributed by atoms with Gasteiger partial charge in [0.15, 0.2) is 5.16 Å². The molecule has 0 fully saturated rings. The zero-order valence-electron chi connectivity index (χ0n) is 17.5. The van der Waals surface area contributed by atoms with Gasteiger partial charge < -0.3 is 14.5 Å². The maximum Gasteiger partial charge on any atom is 0.230 e. The second-order valence-electron chi connectivity index (χ2n) is 7.24. The van der Waals surface area contributed by atoms with E-state index in [1.54, 1.807) is 12.5 Å². The summed E-state index contributed by atoms with van der Waals surface area (Å²) < 4.78 is 3.97. The summed E-state index contributed by atoms with van der Waals surface area (Å²) >= 11 is 1.40. The van der Waals surface area contributed by atoms with E-state index in [-0.39, 0.29) is 17.7 Å². The van der Waals surface area contributed by atoms with Crippen LogP contribution in [-0.4, -0.2) is 36.0 Å². The molecule has 1 atom stereocenters. The van der Waals surface area contributed by atoms with Crippen LogP contribution in [0.4, 0.5) is 0 Å². The summed E-state index contributed by atoms with van der Waals surface area (Å²) in [5.41, 5.74) is 3.25. The first kappa shape index (κ1) is 20.9. The Morgan fingerprint density at radius 2 is 1.87 bits per heavy atom. The molecule has 0 saturated carbocycles. The average molecular weight is 433 g/mol. The molecule has 0 aliphatic heterocycles. The Labute approximate surface area is 185 Å². The monoisotopic (exact) mass is 432 g/mol. The second kappa shape index (κ2) is 9.61. The van der Waals surface area contributed by atoms with E-state index in [4.69, 9.17) is 0 Å². The first-order valence-electron chi connectivity index (χ1n) is 10.0. The van der Waals surface area contributed by atoms with Gasteiger partial charge in [-0.25, -0.2) is 4.98 Å². The molecule has 2 heterocycles. The lowest BCUT2D eigenvalue weighted by atomic mass is 10.1. The van der Waals surface area contributed by atoms with Crippen molar-refractivity contribution in [3.05, 3.63) is 90.3 Å². The molecule has 2 aromatic carbocycles. The summed E-state index contributed by atoms with van der Waals surface area (Å²) in [7, 11) is 0. The third-order valence-corrected chi connectivity index (χ3v) is 5.96. The van der Waals surface area contributed by atoms with Crippen molar-refractivity contribution in [2.24, 2.45) is 0 Å². The highest BCUT2D eigenvalue weighted by Gasteiger charge is 2.14. The number of hydrogen-bond donors (Lipinski definition) is 1. The number of carbonyl (C=O) groups is 1. The van der Waals surface area contributed by atoms with E-state index in [2.05, 4.69) is 32.6 Å². The van der Waals surface area contributed by atoms with Crippen LogP contribution in [0.1, 0.15) is 29.9 Å². The van der Waals surface area contributed by atoms with Gasteiger partial charge in [0.25, 0.3) is 0 Å². The van der Waals surface area contributed by atoms with Crippen LogP contribution in [0.3, 0.4) is 0 Å². The Morgan fingerprint density at radius 3 is 2.58 bits per heavy atom. The quantitative estimate of drug-likeness (QED) is 0.429. The highest BCUT2D eigenvalue weighted by molar-refractivity contribution is 7.99. The lowest BCUT2D eigenvalue weighted by Crippen LogP contribution is -2.28. The van der Waals surface area contributed by atoms with E-state index >= 15 is 0 Å². The minimum absolute atomic E-state index is 0.0388. The molecule has 0 aliphatic carbocycles. The summed E-state index contributed by atoms with van der Waals surface area (Å²) in [6.45, 7) is 4.59. The van der Waals surface area contributed by atoms with E-state index in [0.717, 1.165) is 22.2 Å². The van der Waals surface area contributed by atoms with Gasteiger partial charge in [-0.05, 0) is 37.1 Å². The number of imidazole rings is 1. The fourth-order valence-electron chi connectivity index (χ4n) is 3.26. The molecule has 1 amide bonds. The van der Waals surface area contributed by atoms with Crippen molar-refractivity contribution in [2.75, 3.05) is 5.75 Å². The molecule has 4 aromatic rings. The Bertz CT molecular complexity index is 1120. The van der Waals surface area contributed by atoms with Crippen LogP contribution in [0.25, 0.3) is 5.69 Å². The van der Waals surface area contributed by atoms with E-state index in [9.17, 15) is 4.79 Å². The summed E-state index contributed by atoms with van der Waals surface area (Å²) in [5.74, 6) is 1.07. The zero-order valence-corrected chi connectivity index (χ0v) is 18.3. The molecule has 0 saturated heterocycles. The normalized spacial score (nSPS) is 11.9. The van der Waals surface area contributed by atoms with Crippen LogP contribution >= 0.6 is 11.8 Å². The van der Waals surface area contributed by atoms with Crippen molar-refractivity contribution in [1.29, 1.82) is 0 Å². The van der Waals surface area contributed by atoms with Crippen LogP contribution in [0.5, 0.6) is 0 Å². The van der Waals surface area contributed by atoms with Crippen molar-refractivity contribution in [2.45, 2.75) is 31.6 Å². The summed E-state index contributed by atoms with van der Waals surface area (Å²) in [6, 6.07) is 18.1. The molecule has 0 unspecified atom stereocenters. The fourth-order valence-corrected chi connectivity index (χ4v) is 4.05. The van der Waals surface area contributed by atoms with Gasteiger partial charge in [0, 0.05) is 18.1 Å². The van der Waals surface area contributed by atoms with Gasteiger partial charge in [-0.3, -0.25) is 4.79 Å². The molecule has 2 aromatic heterocycles. The SMILES string of the molecule is Cc1nnc(SCC(=O)N[C@@H](C)c2ccc(-n3ccnc3)cc2)n1Cc1ccccc1. The summed E-state index contributed by atoms with van der Waals surface area (Å²) in [5, 5.41) is 12.2. The van der Waals surface area contributed by atoms with E-state index in [1.807, 2.05) is 71.6 Å². The standard InChI is InChI=1S/C23H24N6OS/c1-17(20-8-10-21(11-9-20)28-13-12-24-16-28)25-22(30)15-31-23-27-26-18(2)29(23)14-19-6-4-3-5-7-19/h3-13,16-17H,14-15H2,1-2H3,(H,25,30)/t17-/m0/s1. The minimum Gasteiger partial charge on any atom is -0.349 e. The predicted molar refractivity (Wildman–Crippen MR) is 121 cm³/mol. The Balaban J connectivity index is 1.33. The van der Waals surface area contributed by atoms with Crippen LogP contribution in [0.2, 0.25) is 0 Å². The van der Waals surface area contributed by atoms with Gasteiger partial charge in [-0.15, -0.1) is 10.2 Å². The van der Waals surface area contributed by atoms with Crippen molar-refractivity contribution in [1.82, 2.24) is 29.6 Å². The van der Waals surface area contributed by atoms with Gasteiger partial charge in [-0.2, -0.15) is 0 Å². The number of amides is 1. The molecule has 4 rings (SSSR count). The summed E-state index contributed by atoms with van der Waals surface area (Å²) in [6.07, 6.45) is 5.40. The molecule has 0 aliphatic rings. The minimum atomic E-state index is -0.0890. The van der Waals surface area contributed by atoms with E-state index < -0.39 is 0 Å². The molecule has 8 heteroatoms. The number of hydrogen-bond acceptors (Lipinski definition) is 5. The number of benzene rings is 2. The molecule has 31 heavy (non-hydrogen) atoms. The van der Waals surface area contributed by atoms with Gasteiger partial charge in [0.05, 0.1) is 24.7 Å². The number of thioether (sulfide) groups is 1. The van der Waals surface area contributed by atoms with Crippen LogP contribution in [0, 0.1) is 6.92 Å². The molecule has 0 spiro atoms. The second-order valence-corrected chi connectivity index (χ2v) is 8.18. The largest absolute Gasteiger partial charge is 0.349 e. The highest BCUT2D eigenvalue weighted by Crippen LogP contribution is 2.20. The average Bonchev–Trinajstić information content (AvgIpc) is 3.44. The van der Waals surface area contributed by atoms with Gasteiger partial charge in [0.1, 0.15) is 5.82 Å². The number of aryl methyl sites for hydroxylation is 1. The van der Waals surface area contributed by atoms with Crippen molar-refractivity contribution in [3.8, 4) is 5.69 Å². The molecule has 0 radical (unpaired) electrons. The van der Waals surface area contributed by atoms with E-state index in [0.29, 0.717) is 6.54 Å². The molecule has 7 nitrogen and oxygen atoms in total. The topological polar surface area (TPSA) is 77.6 Å². The van der Waals surface area contributed by atoms with Gasteiger partial charge in [-0.1, -0.05) is 54.2 Å². The zero-order chi connectivity index (χ0) is 21.6. The highest BCUT2D eigenvalue weighted by atomic mass is 32.2. The number of carbonyl (C=O) groups excluding carboxylic acids is 1. The van der Waals surface area contributed by atoms with Gasteiger partial charge in [0.2, 0.25) is 5.91 Å². The number of nitrogens with zero attached hydrogens (tertiary/aromatic N) is 5. The number of rotatable bonds is 8. The molecule has 0 bridgehead atoms. The summed E-state index contributed by atoms with van der Waals surface area (Å²) in [4.78, 5) is 16.6. The van der Waals surface area contributed by atoms with Crippen LogP contribution < -0.4 is 5.32 Å². The molecular formula is C23H24N6OS. The fraction of sp³-hybridized carbons (Fsp3) is 0.217. The lowest BCUT2D eigenvalue weighted by Gasteiger charge is -2.15. The van der Waals surface area contributed by atoms with Crippen LogP contribution in [0.15, 0.2) is 78.5 Å². The van der Waals surface area contributed by atoms with Crippen molar-refractivity contribution >= 4 is 17.7 Å². The third-order valence-electron chi connectivity index (χ3n) is 4.99. The van der Waals surface area contributed by atoms with Gasteiger partial charge >= 0.3 is 0 Å². The first-order valence-corrected chi connectivity index (χ1v) is 11.0. The lowest BCUT2D eigenvalue weighted by molar-refractivity contribution is -0.119. The maximum absolute atomic E-state index is 12.5. The number of aromatic nitrogens is 5. The first-order chi connectivity index (χ1) is 15.1. The predicted octanol–water partition coefficient (Wildman–Crippen LogP) is 3.79. The smallest absolute Gasteiger partial charge is 0.230 e. The molecular weight excluding hydrogens is 408 g/mol. The Kier molecular flexibility index (Phi) is 6.47.